The lowest BCUT2D eigenvalue weighted by Crippen LogP contribution is -2.29. The quantitative estimate of drug-likeness (QED) is 0.716. The van der Waals surface area contributed by atoms with Gasteiger partial charge in [0.05, 0.1) is 11.3 Å². The van der Waals surface area contributed by atoms with Gasteiger partial charge in [-0.3, -0.25) is 9.59 Å². The van der Waals surface area contributed by atoms with Crippen molar-refractivity contribution in [3.05, 3.63) is 59.5 Å². The first-order valence-corrected chi connectivity index (χ1v) is 9.22. The Bertz CT molecular complexity index is 986. The fourth-order valence-electron chi connectivity index (χ4n) is 3.59. The van der Waals surface area contributed by atoms with Crippen LogP contribution in [0.15, 0.2) is 42.6 Å². The van der Waals surface area contributed by atoms with Crippen molar-refractivity contribution in [2.24, 2.45) is 0 Å². The number of rotatable bonds is 3. The number of nitrogens with zero attached hydrogens (tertiary/aromatic N) is 1. The molecule has 0 saturated carbocycles. The first-order valence-electron chi connectivity index (χ1n) is 9.22. The molecule has 2 aromatic carbocycles. The van der Waals surface area contributed by atoms with Crippen molar-refractivity contribution >= 4 is 34.4 Å². The molecule has 0 bridgehead atoms. The number of carbonyl (C=O) groups excluding carboxylic acids is 2. The fourth-order valence-corrected chi connectivity index (χ4v) is 3.59. The summed E-state index contributed by atoms with van der Waals surface area (Å²) in [6, 6.07) is 10.6. The zero-order chi connectivity index (χ0) is 19.7. The highest BCUT2D eigenvalue weighted by Crippen LogP contribution is 2.34. The zero-order valence-electron chi connectivity index (χ0n) is 15.5. The average molecular weight is 380 g/mol. The molecule has 28 heavy (non-hydrogen) atoms. The molecule has 2 aliphatic rings. The minimum atomic E-state index is -0.370. The maximum Gasteiger partial charge on any atom is 0.257 e. The molecule has 4 rings (SSSR count). The van der Waals surface area contributed by atoms with E-state index < -0.39 is 0 Å². The summed E-state index contributed by atoms with van der Waals surface area (Å²) in [7, 11) is 0. The van der Waals surface area contributed by atoms with E-state index in [-0.39, 0.29) is 17.6 Å². The SMILES string of the molecule is Cc1cccc2c1/C(=C\Nc1ccc(N3CCNC(=O)CC3)c(F)c1)C(=O)N2. The summed E-state index contributed by atoms with van der Waals surface area (Å²) < 4.78 is 14.7. The molecule has 0 atom stereocenters. The first-order chi connectivity index (χ1) is 13.5. The van der Waals surface area contributed by atoms with E-state index in [1.54, 1.807) is 18.3 Å². The van der Waals surface area contributed by atoms with Gasteiger partial charge in [0.25, 0.3) is 5.91 Å². The van der Waals surface area contributed by atoms with Crippen molar-refractivity contribution in [3.8, 4) is 0 Å². The van der Waals surface area contributed by atoms with Crippen LogP contribution in [0.3, 0.4) is 0 Å². The molecule has 2 aliphatic heterocycles. The van der Waals surface area contributed by atoms with Crippen LogP contribution < -0.4 is 20.9 Å². The van der Waals surface area contributed by atoms with Gasteiger partial charge in [-0.2, -0.15) is 0 Å². The zero-order valence-corrected chi connectivity index (χ0v) is 15.5. The van der Waals surface area contributed by atoms with Crippen LogP contribution in [0.2, 0.25) is 0 Å². The van der Waals surface area contributed by atoms with Crippen LogP contribution in [0.1, 0.15) is 17.5 Å². The molecule has 2 aromatic rings. The number of hydrogen-bond acceptors (Lipinski definition) is 4. The second kappa shape index (κ2) is 7.34. The molecule has 7 heteroatoms. The predicted octanol–water partition coefficient (Wildman–Crippen LogP) is 2.87. The van der Waals surface area contributed by atoms with Gasteiger partial charge < -0.3 is 20.9 Å². The lowest BCUT2D eigenvalue weighted by Gasteiger charge is -2.22. The number of anilines is 3. The predicted molar refractivity (Wildman–Crippen MR) is 108 cm³/mol. The van der Waals surface area contributed by atoms with Gasteiger partial charge in [0, 0.05) is 49.2 Å². The van der Waals surface area contributed by atoms with Gasteiger partial charge in [0.2, 0.25) is 5.91 Å². The summed E-state index contributed by atoms with van der Waals surface area (Å²) in [5.41, 5.74) is 4.18. The minimum absolute atomic E-state index is 0.0155. The van der Waals surface area contributed by atoms with Gasteiger partial charge in [-0.1, -0.05) is 12.1 Å². The van der Waals surface area contributed by atoms with Crippen LogP contribution in [0.5, 0.6) is 0 Å². The maximum absolute atomic E-state index is 14.7. The third kappa shape index (κ3) is 3.43. The summed E-state index contributed by atoms with van der Waals surface area (Å²) in [4.78, 5) is 25.6. The van der Waals surface area contributed by atoms with E-state index in [2.05, 4.69) is 16.0 Å². The highest BCUT2D eigenvalue weighted by atomic mass is 19.1. The number of nitrogens with one attached hydrogen (secondary N) is 3. The second-order valence-electron chi connectivity index (χ2n) is 6.91. The normalized spacial score (nSPS) is 17.8. The van der Waals surface area contributed by atoms with E-state index in [9.17, 15) is 14.0 Å². The average Bonchev–Trinajstić information content (AvgIpc) is 2.84. The minimum Gasteiger partial charge on any atom is -0.367 e. The highest BCUT2D eigenvalue weighted by Gasteiger charge is 2.25. The van der Waals surface area contributed by atoms with Gasteiger partial charge >= 0.3 is 0 Å². The highest BCUT2D eigenvalue weighted by molar-refractivity contribution is 6.32. The molecule has 0 unspecified atom stereocenters. The van der Waals surface area contributed by atoms with Crippen LogP contribution in [-0.4, -0.2) is 31.4 Å². The molecule has 0 spiro atoms. The molecule has 0 aliphatic carbocycles. The lowest BCUT2D eigenvalue weighted by molar-refractivity contribution is -0.120. The van der Waals surface area contributed by atoms with Crippen molar-refractivity contribution in [3.63, 3.8) is 0 Å². The topological polar surface area (TPSA) is 73.5 Å². The van der Waals surface area contributed by atoms with E-state index in [0.29, 0.717) is 43.0 Å². The molecule has 1 saturated heterocycles. The Labute approximate surface area is 162 Å². The third-order valence-electron chi connectivity index (χ3n) is 5.02. The molecule has 6 nitrogen and oxygen atoms in total. The summed E-state index contributed by atoms with van der Waals surface area (Å²) in [6.07, 6.45) is 1.95. The molecular formula is C21H21FN4O2. The van der Waals surface area contributed by atoms with E-state index in [1.807, 2.05) is 30.0 Å². The van der Waals surface area contributed by atoms with Gasteiger partial charge in [0.15, 0.2) is 0 Å². The van der Waals surface area contributed by atoms with Crippen LogP contribution in [-0.2, 0) is 9.59 Å². The van der Waals surface area contributed by atoms with Gasteiger partial charge in [0.1, 0.15) is 5.82 Å². The Kier molecular flexibility index (Phi) is 4.73. The number of benzene rings is 2. The van der Waals surface area contributed by atoms with E-state index >= 15 is 0 Å². The van der Waals surface area contributed by atoms with Crippen molar-refractivity contribution < 1.29 is 14.0 Å². The van der Waals surface area contributed by atoms with Crippen molar-refractivity contribution in [1.29, 1.82) is 0 Å². The number of carbonyl (C=O) groups is 2. The van der Waals surface area contributed by atoms with Crippen LogP contribution in [0.4, 0.5) is 21.5 Å². The van der Waals surface area contributed by atoms with Gasteiger partial charge in [-0.05, 0) is 36.8 Å². The van der Waals surface area contributed by atoms with E-state index in [0.717, 1.165) is 16.8 Å². The number of aryl methyl sites for hydroxylation is 1. The van der Waals surface area contributed by atoms with Crippen LogP contribution in [0.25, 0.3) is 5.57 Å². The molecule has 0 aromatic heterocycles. The molecule has 144 valence electrons. The van der Waals surface area contributed by atoms with Crippen LogP contribution >= 0.6 is 0 Å². The van der Waals surface area contributed by atoms with Crippen molar-refractivity contribution in [1.82, 2.24) is 5.32 Å². The molecular weight excluding hydrogens is 359 g/mol. The number of halogens is 1. The molecule has 1 fully saturated rings. The van der Waals surface area contributed by atoms with Gasteiger partial charge in [-0.25, -0.2) is 4.39 Å². The Morgan fingerprint density at radius 1 is 1.18 bits per heavy atom. The molecule has 2 heterocycles. The Morgan fingerprint density at radius 3 is 2.86 bits per heavy atom. The maximum atomic E-state index is 14.7. The molecule has 3 N–H and O–H groups in total. The van der Waals surface area contributed by atoms with Gasteiger partial charge in [-0.15, -0.1) is 0 Å². The van der Waals surface area contributed by atoms with Crippen molar-refractivity contribution in [2.75, 3.05) is 35.2 Å². The van der Waals surface area contributed by atoms with E-state index in [4.69, 9.17) is 0 Å². The number of fused-ring (bicyclic) bond motifs is 1. The molecule has 2 amide bonds. The largest absolute Gasteiger partial charge is 0.367 e. The molecule has 0 radical (unpaired) electrons. The standard InChI is InChI=1S/C21H21FN4O2/c1-13-3-2-4-17-20(13)15(21(28)25-17)12-24-14-5-6-18(16(22)11-14)26-9-7-19(27)23-8-10-26/h2-6,11-12,24H,7-10H2,1H3,(H,23,27)(H,25,28)/b15-12+. The third-order valence-corrected chi connectivity index (χ3v) is 5.02. The van der Waals surface area contributed by atoms with E-state index in [1.165, 1.54) is 6.07 Å². The summed E-state index contributed by atoms with van der Waals surface area (Å²) in [5.74, 6) is -0.570. The smallest absolute Gasteiger partial charge is 0.257 e. The number of amides is 2. The second-order valence-corrected chi connectivity index (χ2v) is 6.91. The summed E-state index contributed by atoms with van der Waals surface area (Å²) in [5, 5.41) is 8.65. The Hall–Kier alpha value is -3.35. The first kappa shape index (κ1) is 18.0. The lowest BCUT2D eigenvalue weighted by atomic mass is 10.0. The Balaban J connectivity index is 1.54. The summed E-state index contributed by atoms with van der Waals surface area (Å²) >= 11 is 0. The number of hydrogen-bond donors (Lipinski definition) is 3. The summed E-state index contributed by atoms with van der Waals surface area (Å²) in [6.45, 7) is 3.49. The fraction of sp³-hybridized carbons (Fsp3) is 0.238. The van der Waals surface area contributed by atoms with Crippen molar-refractivity contribution in [2.45, 2.75) is 13.3 Å². The van der Waals surface area contributed by atoms with Crippen LogP contribution in [0, 0.1) is 12.7 Å². The monoisotopic (exact) mass is 380 g/mol. The Morgan fingerprint density at radius 2 is 2.04 bits per heavy atom.